The number of nitrogens with two attached hydrogens (primary N) is 1. The molecule has 8 heteroatoms. The molecule has 1 atom stereocenters. The highest BCUT2D eigenvalue weighted by Gasteiger charge is 2.25. The van der Waals surface area contributed by atoms with Crippen molar-refractivity contribution in [1.29, 1.82) is 0 Å². The summed E-state index contributed by atoms with van der Waals surface area (Å²) in [5, 5.41) is 5.20. The van der Waals surface area contributed by atoms with Gasteiger partial charge in [0.05, 0.1) is 11.6 Å². The third-order valence-electron chi connectivity index (χ3n) is 5.06. The van der Waals surface area contributed by atoms with E-state index in [1.54, 1.807) is 17.2 Å². The van der Waals surface area contributed by atoms with E-state index < -0.39 is 0 Å². The second kappa shape index (κ2) is 7.32. The van der Waals surface area contributed by atoms with Gasteiger partial charge in [-0.15, -0.1) is 0 Å². The number of carbonyl (C=O) groups is 1. The molecule has 0 bridgehead atoms. The highest BCUT2D eigenvalue weighted by atomic mass is 16.2. The summed E-state index contributed by atoms with van der Waals surface area (Å²) in [5.74, 6) is 0.974. The van der Waals surface area contributed by atoms with Crippen LogP contribution in [0.1, 0.15) is 18.0 Å². The van der Waals surface area contributed by atoms with Gasteiger partial charge in [0.25, 0.3) is 0 Å². The van der Waals surface area contributed by atoms with Crippen LogP contribution in [0, 0.1) is 0 Å². The summed E-state index contributed by atoms with van der Waals surface area (Å²) < 4.78 is 1.74. The highest BCUT2D eigenvalue weighted by molar-refractivity contribution is 5.86. The SMILES string of the molecule is Cn1ncc2c(N3CCN(C(=O)CC(N)c4ccccc4)CC3)ncnc21. The van der Waals surface area contributed by atoms with Crippen molar-refractivity contribution in [3.05, 3.63) is 48.4 Å². The number of anilines is 1. The number of nitrogens with zero attached hydrogens (tertiary/aromatic N) is 6. The number of hydrogen-bond donors (Lipinski definition) is 1. The van der Waals surface area contributed by atoms with Crippen molar-refractivity contribution in [2.75, 3.05) is 31.1 Å². The Morgan fingerprint density at radius 3 is 2.63 bits per heavy atom. The van der Waals surface area contributed by atoms with Crippen molar-refractivity contribution in [3.8, 4) is 0 Å². The van der Waals surface area contributed by atoms with E-state index in [1.807, 2.05) is 42.3 Å². The van der Waals surface area contributed by atoms with Crippen LogP contribution in [0.2, 0.25) is 0 Å². The minimum absolute atomic E-state index is 0.0974. The van der Waals surface area contributed by atoms with E-state index in [-0.39, 0.29) is 11.9 Å². The van der Waals surface area contributed by atoms with E-state index in [9.17, 15) is 4.79 Å². The van der Waals surface area contributed by atoms with Gasteiger partial charge in [-0.3, -0.25) is 9.48 Å². The van der Waals surface area contributed by atoms with Gasteiger partial charge in [-0.1, -0.05) is 30.3 Å². The van der Waals surface area contributed by atoms with Gasteiger partial charge in [-0.05, 0) is 5.56 Å². The third-order valence-corrected chi connectivity index (χ3v) is 5.06. The summed E-state index contributed by atoms with van der Waals surface area (Å²) in [5.41, 5.74) is 8.00. The van der Waals surface area contributed by atoms with E-state index in [0.717, 1.165) is 35.5 Å². The fourth-order valence-electron chi connectivity index (χ4n) is 3.50. The number of aromatic nitrogens is 4. The predicted molar refractivity (Wildman–Crippen MR) is 103 cm³/mol. The molecule has 8 nitrogen and oxygen atoms in total. The lowest BCUT2D eigenvalue weighted by atomic mass is 10.0. The summed E-state index contributed by atoms with van der Waals surface area (Å²) in [7, 11) is 1.87. The quantitative estimate of drug-likeness (QED) is 0.744. The van der Waals surface area contributed by atoms with E-state index in [4.69, 9.17) is 5.73 Å². The fourth-order valence-corrected chi connectivity index (χ4v) is 3.50. The molecule has 1 aliphatic rings. The zero-order chi connectivity index (χ0) is 18.8. The van der Waals surface area contributed by atoms with Crippen molar-refractivity contribution in [2.45, 2.75) is 12.5 Å². The Balaban J connectivity index is 1.39. The average Bonchev–Trinajstić information content (AvgIpc) is 3.10. The monoisotopic (exact) mass is 365 g/mol. The van der Waals surface area contributed by atoms with E-state index >= 15 is 0 Å². The number of amides is 1. The van der Waals surface area contributed by atoms with Crippen LogP contribution < -0.4 is 10.6 Å². The lowest BCUT2D eigenvalue weighted by molar-refractivity contribution is -0.131. The Morgan fingerprint density at radius 1 is 1.15 bits per heavy atom. The summed E-state index contributed by atoms with van der Waals surface area (Å²) in [6.45, 7) is 2.78. The molecule has 1 aliphatic heterocycles. The number of rotatable bonds is 4. The fraction of sp³-hybridized carbons (Fsp3) is 0.368. The van der Waals surface area contributed by atoms with Crippen LogP contribution in [0.15, 0.2) is 42.9 Å². The van der Waals surface area contributed by atoms with E-state index in [0.29, 0.717) is 19.5 Å². The highest BCUT2D eigenvalue weighted by Crippen LogP contribution is 2.23. The predicted octanol–water partition coefficient (Wildman–Crippen LogP) is 1.10. The number of carbonyl (C=O) groups excluding carboxylic acids is 1. The minimum Gasteiger partial charge on any atom is -0.352 e. The molecule has 27 heavy (non-hydrogen) atoms. The van der Waals surface area contributed by atoms with Crippen LogP contribution in [0.3, 0.4) is 0 Å². The third kappa shape index (κ3) is 3.48. The van der Waals surface area contributed by atoms with Crippen molar-refractivity contribution in [2.24, 2.45) is 12.8 Å². The normalized spacial score (nSPS) is 15.9. The van der Waals surface area contributed by atoms with Gasteiger partial charge in [-0.2, -0.15) is 5.10 Å². The van der Waals surface area contributed by atoms with Gasteiger partial charge in [0.1, 0.15) is 12.1 Å². The molecule has 0 aliphatic carbocycles. The van der Waals surface area contributed by atoms with Gasteiger partial charge in [0.15, 0.2) is 5.65 Å². The molecule has 2 N–H and O–H groups in total. The Hall–Kier alpha value is -3.00. The first kappa shape index (κ1) is 17.4. The second-order valence-electron chi connectivity index (χ2n) is 6.79. The molecule has 1 fully saturated rings. The molecule has 0 saturated carbocycles. The van der Waals surface area contributed by atoms with Gasteiger partial charge < -0.3 is 15.5 Å². The van der Waals surface area contributed by atoms with Crippen LogP contribution in [-0.4, -0.2) is 56.7 Å². The summed E-state index contributed by atoms with van der Waals surface area (Å²) in [6.07, 6.45) is 3.68. The Kier molecular flexibility index (Phi) is 4.72. The van der Waals surface area contributed by atoms with E-state index in [1.165, 1.54) is 0 Å². The molecule has 4 rings (SSSR count). The van der Waals surface area contributed by atoms with Gasteiger partial charge in [-0.25, -0.2) is 9.97 Å². The van der Waals surface area contributed by atoms with Gasteiger partial charge in [0, 0.05) is 45.7 Å². The Morgan fingerprint density at radius 2 is 1.89 bits per heavy atom. The average molecular weight is 365 g/mol. The maximum atomic E-state index is 12.6. The maximum absolute atomic E-state index is 12.6. The van der Waals surface area contributed by atoms with Crippen LogP contribution >= 0.6 is 0 Å². The van der Waals surface area contributed by atoms with Crippen molar-refractivity contribution < 1.29 is 4.79 Å². The summed E-state index contributed by atoms with van der Waals surface area (Å²) in [4.78, 5) is 25.4. The maximum Gasteiger partial charge on any atom is 0.224 e. The zero-order valence-corrected chi connectivity index (χ0v) is 15.3. The number of benzene rings is 1. The Bertz CT molecular complexity index is 932. The van der Waals surface area contributed by atoms with Crippen molar-refractivity contribution in [1.82, 2.24) is 24.6 Å². The van der Waals surface area contributed by atoms with Crippen molar-refractivity contribution in [3.63, 3.8) is 0 Å². The first-order chi connectivity index (χ1) is 13.1. The topological polar surface area (TPSA) is 93.2 Å². The van der Waals surface area contributed by atoms with Gasteiger partial charge >= 0.3 is 0 Å². The molecular formula is C19H23N7O. The molecule has 0 spiro atoms. The Labute approximate surface area is 157 Å². The molecule has 1 aromatic carbocycles. The van der Waals surface area contributed by atoms with Gasteiger partial charge in [0.2, 0.25) is 5.91 Å². The molecule has 3 heterocycles. The summed E-state index contributed by atoms with van der Waals surface area (Å²) in [6, 6.07) is 9.49. The second-order valence-corrected chi connectivity index (χ2v) is 6.79. The van der Waals surface area contributed by atoms with E-state index in [2.05, 4.69) is 20.0 Å². The molecule has 2 aromatic heterocycles. The van der Waals surface area contributed by atoms with Crippen LogP contribution in [0.5, 0.6) is 0 Å². The first-order valence-corrected chi connectivity index (χ1v) is 9.09. The lowest BCUT2D eigenvalue weighted by Gasteiger charge is -2.36. The molecule has 140 valence electrons. The zero-order valence-electron chi connectivity index (χ0n) is 15.3. The standard InChI is InChI=1S/C19H23N7O/c1-24-18-15(12-23-24)19(22-13-21-18)26-9-7-25(8-10-26)17(27)11-16(20)14-5-3-2-4-6-14/h2-6,12-13,16H,7-11,20H2,1H3. The molecule has 3 aromatic rings. The molecule has 1 unspecified atom stereocenters. The largest absolute Gasteiger partial charge is 0.352 e. The summed E-state index contributed by atoms with van der Waals surface area (Å²) >= 11 is 0. The van der Waals surface area contributed by atoms with Crippen LogP contribution in [0.4, 0.5) is 5.82 Å². The number of fused-ring (bicyclic) bond motifs is 1. The molecule has 1 amide bonds. The minimum atomic E-state index is -0.270. The first-order valence-electron chi connectivity index (χ1n) is 9.09. The number of hydrogen-bond acceptors (Lipinski definition) is 6. The van der Waals surface area contributed by atoms with Crippen LogP contribution in [-0.2, 0) is 11.8 Å². The lowest BCUT2D eigenvalue weighted by Crippen LogP contribution is -2.49. The number of aryl methyl sites for hydroxylation is 1. The molecular weight excluding hydrogens is 342 g/mol. The molecule has 1 saturated heterocycles. The smallest absolute Gasteiger partial charge is 0.224 e. The number of piperazine rings is 1. The van der Waals surface area contributed by atoms with Crippen LogP contribution in [0.25, 0.3) is 11.0 Å². The molecule has 0 radical (unpaired) electrons. The van der Waals surface area contributed by atoms with Crippen molar-refractivity contribution >= 4 is 22.8 Å².